The van der Waals surface area contributed by atoms with Crippen molar-refractivity contribution in [3.05, 3.63) is 36.4 Å². The van der Waals surface area contributed by atoms with Crippen LogP contribution < -0.4 is 5.32 Å². The average Bonchev–Trinajstić information content (AvgIpc) is 3.22. The van der Waals surface area contributed by atoms with Crippen LogP contribution in [0, 0.1) is 0 Å². The van der Waals surface area contributed by atoms with E-state index in [-0.39, 0.29) is 6.03 Å². The summed E-state index contributed by atoms with van der Waals surface area (Å²) in [6.45, 7) is 0.415. The van der Waals surface area contributed by atoms with Gasteiger partial charge >= 0.3 is 6.03 Å². The third-order valence-corrected chi connectivity index (χ3v) is 5.59. The summed E-state index contributed by atoms with van der Waals surface area (Å²) in [6, 6.07) is 7.94. The molecule has 1 fully saturated rings. The molecule has 0 atom stereocenters. The Morgan fingerprint density at radius 3 is 2.67 bits per heavy atom. The molecule has 3 rings (SSSR count). The molecular formula is C17H23N5OS. The molecule has 2 aromatic rings. The van der Waals surface area contributed by atoms with Crippen LogP contribution in [0.3, 0.4) is 0 Å². The zero-order valence-electron chi connectivity index (χ0n) is 14.1. The molecule has 6 nitrogen and oxygen atoms in total. The van der Waals surface area contributed by atoms with E-state index in [2.05, 4.69) is 27.5 Å². The highest BCUT2D eigenvalue weighted by Crippen LogP contribution is 2.34. The molecule has 24 heavy (non-hydrogen) atoms. The van der Waals surface area contributed by atoms with Gasteiger partial charge in [-0.2, -0.15) is 5.10 Å². The lowest BCUT2D eigenvalue weighted by Gasteiger charge is -2.17. The number of benzene rings is 1. The molecule has 0 unspecified atom stereocenters. The Bertz CT molecular complexity index is 679. The number of aromatic nitrogens is 3. The van der Waals surface area contributed by atoms with E-state index in [1.165, 1.54) is 36.9 Å². The number of carbonyl (C=O) groups excluding carboxylic acids is 1. The predicted octanol–water partition coefficient (Wildman–Crippen LogP) is 3.51. The molecule has 1 aromatic carbocycles. The molecule has 0 spiro atoms. The van der Waals surface area contributed by atoms with Gasteiger partial charge in [0, 0.05) is 29.9 Å². The van der Waals surface area contributed by atoms with Crippen molar-refractivity contribution in [1.29, 1.82) is 0 Å². The molecule has 1 aromatic heterocycles. The monoisotopic (exact) mass is 345 g/mol. The van der Waals surface area contributed by atoms with Gasteiger partial charge in [0.15, 0.2) is 0 Å². The maximum absolute atomic E-state index is 12.3. The lowest BCUT2D eigenvalue weighted by Crippen LogP contribution is -2.31. The summed E-state index contributed by atoms with van der Waals surface area (Å²) in [7, 11) is 3.56. The first kappa shape index (κ1) is 16.8. The van der Waals surface area contributed by atoms with Crippen LogP contribution in [-0.2, 0) is 13.6 Å². The number of hydrogen-bond acceptors (Lipinski definition) is 4. The van der Waals surface area contributed by atoms with Gasteiger partial charge in [0.2, 0.25) is 0 Å². The number of amides is 2. The van der Waals surface area contributed by atoms with Crippen LogP contribution in [0.15, 0.2) is 35.5 Å². The summed E-state index contributed by atoms with van der Waals surface area (Å²) >= 11 is 1.95. The molecule has 0 aliphatic heterocycles. The number of hydrogen-bond donors (Lipinski definition) is 1. The van der Waals surface area contributed by atoms with Gasteiger partial charge in [-0.15, -0.1) is 11.8 Å². The molecule has 0 radical (unpaired) electrons. The van der Waals surface area contributed by atoms with E-state index in [9.17, 15) is 4.79 Å². The Morgan fingerprint density at radius 2 is 2.04 bits per heavy atom. The van der Waals surface area contributed by atoms with E-state index in [0.717, 1.165) is 16.8 Å². The second-order valence-electron chi connectivity index (χ2n) is 6.13. The minimum atomic E-state index is -0.158. The molecule has 1 aliphatic carbocycles. The fraction of sp³-hybridized carbons (Fsp3) is 0.471. The Balaban J connectivity index is 1.52. The minimum absolute atomic E-state index is 0.158. The quantitative estimate of drug-likeness (QED) is 0.901. The number of nitrogens with one attached hydrogen (secondary N) is 1. The third kappa shape index (κ3) is 4.29. The van der Waals surface area contributed by atoms with Crippen molar-refractivity contribution in [3.8, 4) is 0 Å². The number of anilines is 1. The Kier molecular flexibility index (Phi) is 5.40. The van der Waals surface area contributed by atoms with Gasteiger partial charge in [-0.1, -0.05) is 12.8 Å². The second-order valence-corrected chi connectivity index (χ2v) is 7.51. The molecule has 1 N–H and O–H groups in total. The van der Waals surface area contributed by atoms with Crippen molar-refractivity contribution in [2.24, 2.45) is 7.05 Å². The number of rotatable bonds is 5. The van der Waals surface area contributed by atoms with Crippen LogP contribution >= 0.6 is 11.8 Å². The molecule has 1 heterocycles. The van der Waals surface area contributed by atoms with E-state index in [4.69, 9.17) is 0 Å². The number of nitrogens with zero attached hydrogens (tertiary/aromatic N) is 4. The van der Waals surface area contributed by atoms with Crippen molar-refractivity contribution in [3.63, 3.8) is 0 Å². The van der Waals surface area contributed by atoms with E-state index < -0.39 is 0 Å². The summed E-state index contributed by atoms with van der Waals surface area (Å²) in [5.41, 5.74) is 0.806. The highest BCUT2D eigenvalue weighted by molar-refractivity contribution is 8.00. The zero-order chi connectivity index (χ0) is 16.9. The first-order valence-electron chi connectivity index (χ1n) is 8.23. The van der Waals surface area contributed by atoms with Gasteiger partial charge in [0.05, 0.1) is 6.54 Å². The molecule has 128 valence electrons. The number of aryl methyl sites for hydroxylation is 1. The van der Waals surface area contributed by atoms with Crippen LogP contribution in [0.2, 0.25) is 0 Å². The lowest BCUT2D eigenvalue weighted by molar-refractivity contribution is 0.219. The van der Waals surface area contributed by atoms with Crippen molar-refractivity contribution in [2.75, 3.05) is 12.4 Å². The highest BCUT2D eigenvalue weighted by Gasteiger charge is 2.16. The fourth-order valence-electron chi connectivity index (χ4n) is 2.78. The minimum Gasteiger partial charge on any atom is -0.320 e. The van der Waals surface area contributed by atoms with Gasteiger partial charge in [0.25, 0.3) is 0 Å². The van der Waals surface area contributed by atoms with E-state index in [1.807, 2.05) is 30.9 Å². The Labute approximate surface area is 146 Å². The molecule has 1 saturated carbocycles. The summed E-state index contributed by atoms with van der Waals surface area (Å²) in [6.07, 6.45) is 6.82. The second kappa shape index (κ2) is 7.70. The SMILES string of the molecule is CN(Cc1ncnn1C)C(=O)Nc1ccc(SC2CCCC2)cc1. The molecule has 2 amide bonds. The molecule has 0 saturated heterocycles. The summed E-state index contributed by atoms with van der Waals surface area (Å²) in [4.78, 5) is 19.3. The third-order valence-electron chi connectivity index (χ3n) is 4.24. The van der Waals surface area contributed by atoms with Crippen molar-refractivity contribution >= 4 is 23.5 Å². The van der Waals surface area contributed by atoms with Crippen LogP contribution in [-0.4, -0.2) is 38.0 Å². The van der Waals surface area contributed by atoms with Crippen molar-refractivity contribution in [1.82, 2.24) is 19.7 Å². The topological polar surface area (TPSA) is 63.1 Å². The summed E-state index contributed by atoms with van der Waals surface area (Å²) in [5.74, 6) is 0.746. The normalized spacial score (nSPS) is 14.8. The van der Waals surface area contributed by atoms with Gasteiger partial charge in [-0.25, -0.2) is 9.78 Å². The van der Waals surface area contributed by atoms with Crippen LogP contribution in [0.1, 0.15) is 31.5 Å². The van der Waals surface area contributed by atoms with E-state index in [0.29, 0.717) is 6.54 Å². The number of carbonyl (C=O) groups is 1. The first-order chi connectivity index (χ1) is 11.6. The zero-order valence-corrected chi connectivity index (χ0v) is 14.9. The number of thioether (sulfide) groups is 1. The highest BCUT2D eigenvalue weighted by atomic mass is 32.2. The van der Waals surface area contributed by atoms with E-state index in [1.54, 1.807) is 16.6 Å². The predicted molar refractivity (Wildman–Crippen MR) is 96.0 cm³/mol. The average molecular weight is 345 g/mol. The Morgan fingerprint density at radius 1 is 1.33 bits per heavy atom. The molecule has 1 aliphatic rings. The molecule has 7 heteroatoms. The maximum atomic E-state index is 12.3. The molecular weight excluding hydrogens is 322 g/mol. The summed E-state index contributed by atoms with van der Waals surface area (Å²) < 4.78 is 1.67. The molecule has 0 bridgehead atoms. The Hall–Kier alpha value is -2.02. The van der Waals surface area contributed by atoms with Crippen LogP contribution in [0.25, 0.3) is 0 Å². The fourth-order valence-corrected chi connectivity index (χ4v) is 4.03. The largest absolute Gasteiger partial charge is 0.321 e. The van der Waals surface area contributed by atoms with Gasteiger partial charge in [-0.3, -0.25) is 4.68 Å². The van der Waals surface area contributed by atoms with Gasteiger partial charge in [0.1, 0.15) is 12.2 Å². The van der Waals surface area contributed by atoms with Gasteiger partial charge in [-0.05, 0) is 37.1 Å². The first-order valence-corrected chi connectivity index (χ1v) is 9.11. The van der Waals surface area contributed by atoms with E-state index >= 15 is 0 Å². The summed E-state index contributed by atoms with van der Waals surface area (Å²) in [5, 5.41) is 7.68. The van der Waals surface area contributed by atoms with Crippen molar-refractivity contribution in [2.45, 2.75) is 42.4 Å². The van der Waals surface area contributed by atoms with Gasteiger partial charge < -0.3 is 10.2 Å². The smallest absolute Gasteiger partial charge is 0.320 e. The van der Waals surface area contributed by atoms with Crippen LogP contribution in [0.4, 0.5) is 10.5 Å². The standard InChI is InChI=1S/C17H23N5OS/c1-21(11-16-18-12-19-22(16)2)17(23)20-13-7-9-15(10-8-13)24-14-5-3-4-6-14/h7-10,12,14H,3-6,11H2,1-2H3,(H,20,23). The van der Waals surface area contributed by atoms with Crippen LogP contribution in [0.5, 0.6) is 0 Å². The maximum Gasteiger partial charge on any atom is 0.321 e. The van der Waals surface area contributed by atoms with Crippen molar-refractivity contribution < 1.29 is 4.79 Å². The lowest BCUT2D eigenvalue weighted by atomic mass is 10.3. The number of urea groups is 1.